The molecule has 2 aromatic carbocycles. The maximum atomic E-state index is 13.2. The van der Waals surface area contributed by atoms with E-state index in [0.29, 0.717) is 0 Å². The van der Waals surface area contributed by atoms with E-state index >= 15 is 0 Å². The van der Waals surface area contributed by atoms with Gasteiger partial charge in [0.1, 0.15) is 24.2 Å². The molecule has 2 aromatic rings. The van der Waals surface area contributed by atoms with Crippen LogP contribution in [-0.4, -0.2) is 69.9 Å². The van der Waals surface area contributed by atoms with Crippen LogP contribution >= 0.6 is 12.6 Å². The van der Waals surface area contributed by atoms with Crippen LogP contribution in [0.3, 0.4) is 0 Å². The fraction of sp³-hybridized carbons (Fsp3) is 0.360. The van der Waals surface area contributed by atoms with Gasteiger partial charge in [-0.25, -0.2) is 4.79 Å². The van der Waals surface area contributed by atoms with Crippen molar-refractivity contribution in [2.24, 2.45) is 5.73 Å². The zero-order valence-electron chi connectivity index (χ0n) is 19.8. The molecule has 2 rings (SSSR count). The first-order valence-corrected chi connectivity index (χ1v) is 12.0. The van der Waals surface area contributed by atoms with E-state index in [2.05, 4.69) is 28.6 Å². The number of aliphatic carboxylic acids is 1. The van der Waals surface area contributed by atoms with E-state index in [4.69, 9.17) is 5.73 Å². The lowest BCUT2D eigenvalue weighted by molar-refractivity contribution is -0.142. The van der Waals surface area contributed by atoms with Crippen molar-refractivity contribution in [2.45, 2.75) is 50.0 Å². The maximum absolute atomic E-state index is 13.2. The SMILES string of the molecule is CC(O)C(N)C(=O)NC(CS)C(=O)NC(Cc1ccccc1)C(=O)NC(Cc1ccccc1)C(=O)O. The molecular weight excluding hydrogens is 484 g/mol. The van der Waals surface area contributed by atoms with Gasteiger partial charge in [-0.15, -0.1) is 0 Å². The van der Waals surface area contributed by atoms with Gasteiger partial charge in [0.05, 0.1) is 6.10 Å². The van der Waals surface area contributed by atoms with E-state index in [9.17, 15) is 29.4 Å². The zero-order chi connectivity index (χ0) is 26.7. The van der Waals surface area contributed by atoms with Crippen LogP contribution in [0.2, 0.25) is 0 Å². The number of thiol groups is 1. The fourth-order valence-electron chi connectivity index (χ4n) is 3.33. The lowest BCUT2D eigenvalue weighted by Crippen LogP contribution is -2.59. The Hall–Kier alpha value is -3.41. The first kappa shape index (κ1) is 28.8. The molecule has 0 radical (unpaired) electrons. The zero-order valence-corrected chi connectivity index (χ0v) is 20.7. The summed E-state index contributed by atoms with van der Waals surface area (Å²) < 4.78 is 0. The highest BCUT2D eigenvalue weighted by molar-refractivity contribution is 7.80. The Kier molecular flexibility index (Phi) is 11.4. The molecule has 194 valence electrons. The molecule has 0 saturated carbocycles. The first-order valence-electron chi connectivity index (χ1n) is 11.4. The molecule has 0 spiro atoms. The first-order chi connectivity index (χ1) is 17.1. The summed E-state index contributed by atoms with van der Waals surface area (Å²) in [6, 6.07) is 13.0. The van der Waals surface area contributed by atoms with Gasteiger partial charge < -0.3 is 31.9 Å². The number of carbonyl (C=O) groups is 4. The van der Waals surface area contributed by atoms with Crippen LogP contribution in [0.5, 0.6) is 0 Å². The number of rotatable bonds is 13. The molecular formula is C25H32N4O6S. The van der Waals surface area contributed by atoms with Crippen molar-refractivity contribution < 1.29 is 29.4 Å². The maximum Gasteiger partial charge on any atom is 0.326 e. The summed E-state index contributed by atoms with van der Waals surface area (Å²) in [5.41, 5.74) is 7.08. The predicted molar refractivity (Wildman–Crippen MR) is 137 cm³/mol. The standard InChI is InChI=1S/C25H32N4O6S/c1-15(30)21(26)24(33)29-20(14-36)23(32)27-18(12-16-8-4-2-5-9-16)22(31)28-19(25(34)35)13-17-10-6-3-7-11-17/h2-11,15,18-21,30,36H,12-14,26H2,1H3,(H,27,32)(H,28,31)(H,29,33)(H,34,35). The number of aliphatic hydroxyl groups is 1. The monoisotopic (exact) mass is 516 g/mol. The summed E-state index contributed by atoms with van der Waals surface area (Å²) in [5, 5.41) is 26.7. The second-order valence-corrected chi connectivity index (χ2v) is 8.72. The highest BCUT2D eigenvalue weighted by atomic mass is 32.1. The van der Waals surface area contributed by atoms with Gasteiger partial charge in [-0.3, -0.25) is 14.4 Å². The number of amides is 3. The lowest BCUT2D eigenvalue weighted by atomic mass is 10.0. The highest BCUT2D eigenvalue weighted by Crippen LogP contribution is 2.08. The molecule has 10 nitrogen and oxygen atoms in total. The molecule has 0 aliphatic heterocycles. The molecule has 5 atom stereocenters. The van der Waals surface area contributed by atoms with Gasteiger partial charge in [0.15, 0.2) is 0 Å². The third kappa shape index (κ3) is 8.99. The van der Waals surface area contributed by atoms with E-state index in [0.717, 1.165) is 11.1 Å². The van der Waals surface area contributed by atoms with Gasteiger partial charge in [-0.05, 0) is 18.1 Å². The molecule has 0 saturated heterocycles. The molecule has 0 heterocycles. The van der Waals surface area contributed by atoms with Gasteiger partial charge in [-0.1, -0.05) is 60.7 Å². The quantitative estimate of drug-likeness (QED) is 0.178. The third-order valence-electron chi connectivity index (χ3n) is 5.45. The van der Waals surface area contributed by atoms with E-state index in [1.165, 1.54) is 6.92 Å². The average Bonchev–Trinajstić information content (AvgIpc) is 2.86. The predicted octanol–water partition coefficient (Wildman–Crippen LogP) is -0.351. The van der Waals surface area contributed by atoms with Crippen LogP contribution in [-0.2, 0) is 32.0 Å². The van der Waals surface area contributed by atoms with E-state index < -0.39 is 54.0 Å². The number of hydrogen-bond acceptors (Lipinski definition) is 7. The van der Waals surface area contributed by atoms with Crippen LogP contribution in [0.4, 0.5) is 0 Å². The number of benzene rings is 2. The Morgan fingerprint density at radius 1 is 0.778 bits per heavy atom. The van der Waals surface area contributed by atoms with Crippen LogP contribution in [0, 0.1) is 0 Å². The van der Waals surface area contributed by atoms with E-state index in [1.807, 2.05) is 0 Å². The Morgan fingerprint density at radius 2 is 1.19 bits per heavy atom. The van der Waals surface area contributed by atoms with Gasteiger partial charge in [0.25, 0.3) is 0 Å². The lowest BCUT2D eigenvalue weighted by Gasteiger charge is -2.25. The van der Waals surface area contributed by atoms with Crippen molar-refractivity contribution in [1.29, 1.82) is 0 Å². The van der Waals surface area contributed by atoms with Crippen LogP contribution in [0.1, 0.15) is 18.1 Å². The topological polar surface area (TPSA) is 171 Å². The number of nitrogens with two attached hydrogens (primary N) is 1. The van der Waals surface area contributed by atoms with Gasteiger partial charge in [0, 0.05) is 18.6 Å². The second kappa shape index (κ2) is 14.2. The number of nitrogens with one attached hydrogen (secondary N) is 3. The highest BCUT2D eigenvalue weighted by Gasteiger charge is 2.30. The number of carbonyl (C=O) groups excluding carboxylic acids is 3. The summed E-state index contributed by atoms with van der Waals surface area (Å²) >= 11 is 4.10. The van der Waals surface area contributed by atoms with Crippen molar-refractivity contribution in [3.05, 3.63) is 71.8 Å². The summed E-state index contributed by atoms with van der Waals surface area (Å²) in [6.07, 6.45) is -1.00. The Labute approximate surface area is 215 Å². The molecule has 0 bridgehead atoms. The number of hydrogen-bond donors (Lipinski definition) is 7. The van der Waals surface area contributed by atoms with Crippen molar-refractivity contribution in [3.8, 4) is 0 Å². The summed E-state index contributed by atoms with van der Waals surface area (Å²) in [6.45, 7) is 1.34. The van der Waals surface area contributed by atoms with E-state index in [-0.39, 0.29) is 18.6 Å². The Bertz CT molecular complexity index is 1020. The molecule has 3 amide bonds. The van der Waals surface area contributed by atoms with E-state index in [1.54, 1.807) is 60.7 Å². The van der Waals surface area contributed by atoms with Gasteiger partial charge in [0.2, 0.25) is 17.7 Å². The van der Waals surface area contributed by atoms with Gasteiger partial charge in [-0.2, -0.15) is 12.6 Å². The molecule has 0 aromatic heterocycles. The van der Waals surface area contributed by atoms with Crippen molar-refractivity contribution in [3.63, 3.8) is 0 Å². The molecule has 11 heteroatoms. The summed E-state index contributed by atoms with van der Waals surface area (Å²) in [4.78, 5) is 50.2. The smallest absolute Gasteiger partial charge is 0.326 e. The van der Waals surface area contributed by atoms with Crippen molar-refractivity contribution in [2.75, 3.05) is 5.75 Å². The van der Waals surface area contributed by atoms with Gasteiger partial charge >= 0.3 is 5.97 Å². The minimum Gasteiger partial charge on any atom is -0.480 e. The molecule has 0 fully saturated rings. The van der Waals surface area contributed by atoms with Crippen LogP contribution in [0.15, 0.2) is 60.7 Å². The molecule has 7 N–H and O–H groups in total. The largest absolute Gasteiger partial charge is 0.480 e. The minimum absolute atomic E-state index is 0.0560. The minimum atomic E-state index is -1.25. The fourth-order valence-corrected chi connectivity index (χ4v) is 3.59. The van der Waals surface area contributed by atoms with Crippen molar-refractivity contribution in [1.82, 2.24) is 16.0 Å². The molecule has 5 unspecified atom stereocenters. The Balaban J connectivity index is 2.19. The Morgan fingerprint density at radius 3 is 1.64 bits per heavy atom. The summed E-state index contributed by atoms with van der Waals surface area (Å²) in [5.74, 6) is -3.47. The normalized spacial score (nSPS) is 15.0. The molecule has 0 aliphatic rings. The molecule has 36 heavy (non-hydrogen) atoms. The average molecular weight is 517 g/mol. The molecule has 0 aliphatic carbocycles. The number of aliphatic hydroxyl groups excluding tert-OH is 1. The van der Waals surface area contributed by atoms with Crippen LogP contribution < -0.4 is 21.7 Å². The van der Waals surface area contributed by atoms with Crippen LogP contribution in [0.25, 0.3) is 0 Å². The number of carboxylic acids is 1. The third-order valence-corrected chi connectivity index (χ3v) is 5.82. The van der Waals surface area contributed by atoms with Crippen molar-refractivity contribution >= 4 is 36.3 Å². The number of carboxylic acid groups (broad SMARTS) is 1. The second-order valence-electron chi connectivity index (χ2n) is 8.35. The summed E-state index contributed by atoms with van der Waals surface area (Å²) in [7, 11) is 0.